The van der Waals surface area contributed by atoms with E-state index in [-0.39, 0.29) is 6.54 Å². The summed E-state index contributed by atoms with van der Waals surface area (Å²) in [6.45, 7) is -2.31. The summed E-state index contributed by atoms with van der Waals surface area (Å²) in [6, 6.07) is 3.88. The van der Waals surface area contributed by atoms with Crippen molar-refractivity contribution in [1.82, 2.24) is 19.1 Å². The zero-order valence-electron chi connectivity index (χ0n) is 9.78. The molecular formula is C12H10F2N4S. The number of halogens is 2. The first kappa shape index (κ1) is 12.0. The summed E-state index contributed by atoms with van der Waals surface area (Å²) in [4.78, 5) is 9.24. The second-order valence-corrected chi connectivity index (χ2v) is 4.83. The highest BCUT2D eigenvalue weighted by atomic mass is 32.1. The Bertz CT molecular complexity index is 657. The smallest absolute Gasteiger partial charge is 0.319 e. The third-order valence-electron chi connectivity index (χ3n) is 2.73. The van der Waals surface area contributed by atoms with Crippen LogP contribution in [0.2, 0.25) is 0 Å². The number of alkyl halides is 2. The molecule has 0 aliphatic carbocycles. The van der Waals surface area contributed by atoms with Gasteiger partial charge in [0.2, 0.25) is 0 Å². The van der Waals surface area contributed by atoms with Crippen LogP contribution in [0.1, 0.15) is 12.4 Å². The van der Waals surface area contributed by atoms with Gasteiger partial charge in [-0.15, -0.1) is 11.3 Å². The molecule has 0 fully saturated rings. The summed E-state index contributed by atoms with van der Waals surface area (Å²) in [7, 11) is 0. The molecule has 3 rings (SSSR count). The van der Waals surface area contributed by atoms with Crippen molar-refractivity contribution in [2.75, 3.05) is 0 Å². The van der Waals surface area contributed by atoms with Crippen LogP contribution in [0.15, 0.2) is 42.3 Å². The van der Waals surface area contributed by atoms with E-state index in [9.17, 15) is 8.78 Å². The van der Waals surface area contributed by atoms with Crippen molar-refractivity contribution in [3.05, 3.63) is 48.1 Å². The summed E-state index contributed by atoms with van der Waals surface area (Å²) in [5.74, 6) is 1.07. The minimum atomic E-state index is -2.58. The molecule has 0 radical (unpaired) electrons. The Hall–Kier alpha value is -2.02. The molecule has 0 aromatic carbocycles. The molecule has 3 aromatic rings. The van der Waals surface area contributed by atoms with Crippen molar-refractivity contribution in [2.45, 2.75) is 13.1 Å². The molecule has 0 saturated carbocycles. The number of aromatic nitrogens is 4. The third kappa shape index (κ3) is 2.28. The number of hydrogen-bond acceptors (Lipinski definition) is 3. The SMILES string of the molecule is FC(F)n1ccnc1Cn1ccnc1-c1cccs1. The van der Waals surface area contributed by atoms with Crippen LogP contribution >= 0.6 is 11.3 Å². The van der Waals surface area contributed by atoms with Gasteiger partial charge in [-0.1, -0.05) is 6.07 Å². The van der Waals surface area contributed by atoms with E-state index < -0.39 is 6.55 Å². The van der Waals surface area contributed by atoms with E-state index in [1.807, 2.05) is 22.1 Å². The predicted molar refractivity (Wildman–Crippen MR) is 68.1 cm³/mol. The van der Waals surface area contributed by atoms with Crippen LogP contribution in [0.25, 0.3) is 10.7 Å². The molecule has 0 amide bonds. The molecule has 4 nitrogen and oxygen atoms in total. The fourth-order valence-electron chi connectivity index (χ4n) is 1.86. The van der Waals surface area contributed by atoms with Crippen molar-refractivity contribution >= 4 is 11.3 Å². The van der Waals surface area contributed by atoms with E-state index in [2.05, 4.69) is 9.97 Å². The van der Waals surface area contributed by atoms with E-state index in [0.29, 0.717) is 5.82 Å². The second kappa shape index (κ2) is 4.93. The van der Waals surface area contributed by atoms with Gasteiger partial charge in [0.15, 0.2) is 0 Å². The standard InChI is InChI=1S/C12H10F2N4S/c13-12(14)18-6-4-15-10(18)8-17-5-3-16-11(17)9-2-1-7-19-9/h1-7,12H,8H2. The molecule has 3 heterocycles. The molecule has 0 spiro atoms. The van der Waals surface area contributed by atoms with Crippen molar-refractivity contribution < 1.29 is 8.78 Å². The van der Waals surface area contributed by atoms with E-state index in [4.69, 9.17) is 0 Å². The Morgan fingerprint density at radius 1 is 1.21 bits per heavy atom. The average molecular weight is 280 g/mol. The second-order valence-electron chi connectivity index (χ2n) is 3.88. The van der Waals surface area contributed by atoms with Crippen LogP contribution in [0.5, 0.6) is 0 Å². The van der Waals surface area contributed by atoms with Gasteiger partial charge < -0.3 is 4.57 Å². The van der Waals surface area contributed by atoms with Gasteiger partial charge in [-0.05, 0) is 11.4 Å². The zero-order valence-corrected chi connectivity index (χ0v) is 10.6. The van der Waals surface area contributed by atoms with Gasteiger partial charge in [-0.2, -0.15) is 8.78 Å². The minimum absolute atomic E-state index is 0.268. The molecule has 0 unspecified atom stereocenters. The van der Waals surface area contributed by atoms with Crippen LogP contribution in [0.3, 0.4) is 0 Å². The van der Waals surface area contributed by atoms with E-state index in [0.717, 1.165) is 15.3 Å². The molecule has 0 aliphatic heterocycles. The first-order valence-electron chi connectivity index (χ1n) is 5.60. The van der Waals surface area contributed by atoms with Crippen LogP contribution in [-0.4, -0.2) is 19.1 Å². The van der Waals surface area contributed by atoms with Crippen LogP contribution < -0.4 is 0 Å². The minimum Gasteiger partial charge on any atom is -0.323 e. The quantitative estimate of drug-likeness (QED) is 0.735. The first-order chi connectivity index (χ1) is 9.25. The Morgan fingerprint density at radius 2 is 2.05 bits per heavy atom. The number of rotatable bonds is 4. The monoisotopic (exact) mass is 280 g/mol. The van der Waals surface area contributed by atoms with E-state index in [1.165, 1.54) is 12.4 Å². The maximum atomic E-state index is 12.8. The van der Waals surface area contributed by atoms with Crippen molar-refractivity contribution in [3.63, 3.8) is 0 Å². The molecule has 19 heavy (non-hydrogen) atoms. The summed E-state index contributed by atoms with van der Waals surface area (Å²) in [6.07, 6.45) is 6.08. The molecule has 98 valence electrons. The highest BCUT2D eigenvalue weighted by Gasteiger charge is 2.14. The van der Waals surface area contributed by atoms with Gasteiger partial charge in [0.25, 0.3) is 0 Å². The third-order valence-corrected chi connectivity index (χ3v) is 3.59. The maximum Gasteiger partial charge on any atom is 0.319 e. The number of thiophene rings is 1. The van der Waals surface area contributed by atoms with Gasteiger partial charge in [0, 0.05) is 24.8 Å². The van der Waals surface area contributed by atoms with Gasteiger partial charge in [-0.3, -0.25) is 4.57 Å². The first-order valence-corrected chi connectivity index (χ1v) is 6.48. The maximum absolute atomic E-state index is 12.8. The average Bonchev–Trinajstić information content (AvgIpc) is 3.09. The van der Waals surface area contributed by atoms with E-state index >= 15 is 0 Å². The van der Waals surface area contributed by atoms with Crippen LogP contribution in [-0.2, 0) is 6.54 Å². The molecule has 0 saturated heterocycles. The van der Waals surface area contributed by atoms with Gasteiger partial charge >= 0.3 is 6.55 Å². The van der Waals surface area contributed by atoms with Crippen molar-refractivity contribution in [1.29, 1.82) is 0 Å². The predicted octanol–water partition coefficient (Wildman–Crippen LogP) is 3.25. The van der Waals surface area contributed by atoms with Crippen molar-refractivity contribution in [2.24, 2.45) is 0 Å². The molecule has 0 aliphatic rings. The molecule has 3 aromatic heterocycles. The lowest BCUT2D eigenvalue weighted by molar-refractivity contribution is 0.0667. The Morgan fingerprint density at radius 3 is 2.79 bits per heavy atom. The highest BCUT2D eigenvalue weighted by Crippen LogP contribution is 2.23. The lowest BCUT2D eigenvalue weighted by atomic mass is 10.4. The summed E-state index contributed by atoms with van der Waals surface area (Å²) in [5, 5.41) is 1.95. The van der Waals surface area contributed by atoms with Crippen LogP contribution in [0, 0.1) is 0 Å². The molecule has 0 atom stereocenters. The molecule has 0 N–H and O–H groups in total. The Labute approximate surface area is 112 Å². The Balaban J connectivity index is 1.92. The summed E-state index contributed by atoms with van der Waals surface area (Å²) < 4.78 is 28.2. The molecule has 0 bridgehead atoms. The lowest BCUT2D eigenvalue weighted by Crippen LogP contribution is -2.09. The topological polar surface area (TPSA) is 35.6 Å². The normalized spacial score (nSPS) is 11.3. The molecular weight excluding hydrogens is 270 g/mol. The van der Waals surface area contributed by atoms with Gasteiger partial charge in [-0.25, -0.2) is 9.97 Å². The van der Waals surface area contributed by atoms with Crippen molar-refractivity contribution in [3.8, 4) is 10.7 Å². The van der Waals surface area contributed by atoms with E-state index in [1.54, 1.807) is 23.7 Å². The zero-order chi connectivity index (χ0) is 13.2. The number of imidazole rings is 2. The van der Waals surface area contributed by atoms with Gasteiger partial charge in [0.05, 0.1) is 11.4 Å². The fourth-order valence-corrected chi connectivity index (χ4v) is 2.60. The highest BCUT2D eigenvalue weighted by molar-refractivity contribution is 7.13. The fraction of sp³-hybridized carbons (Fsp3) is 0.167. The summed E-state index contributed by atoms with van der Waals surface area (Å²) in [5.41, 5.74) is 0. The number of hydrogen-bond donors (Lipinski definition) is 0. The lowest BCUT2D eigenvalue weighted by Gasteiger charge is -2.09. The largest absolute Gasteiger partial charge is 0.323 e. The van der Waals surface area contributed by atoms with Gasteiger partial charge in [0.1, 0.15) is 11.6 Å². The molecule has 7 heteroatoms. The Kier molecular flexibility index (Phi) is 3.12. The summed E-state index contributed by atoms with van der Waals surface area (Å²) >= 11 is 1.56. The number of nitrogens with zero attached hydrogens (tertiary/aromatic N) is 4. The van der Waals surface area contributed by atoms with Crippen LogP contribution in [0.4, 0.5) is 8.78 Å².